The third kappa shape index (κ3) is 4.11. The summed E-state index contributed by atoms with van der Waals surface area (Å²) in [5, 5.41) is 14.0. The summed E-state index contributed by atoms with van der Waals surface area (Å²) in [6, 6.07) is 11.5. The van der Waals surface area contributed by atoms with E-state index in [2.05, 4.69) is 15.2 Å². The number of thiophene rings is 1. The van der Waals surface area contributed by atoms with Crippen molar-refractivity contribution < 1.29 is 9.53 Å². The molecule has 154 valence electrons. The molecule has 10 heteroatoms. The van der Waals surface area contributed by atoms with E-state index in [0.717, 1.165) is 21.6 Å². The van der Waals surface area contributed by atoms with Gasteiger partial charge in [0.15, 0.2) is 16.1 Å². The van der Waals surface area contributed by atoms with Crippen molar-refractivity contribution in [3.05, 3.63) is 52.9 Å². The van der Waals surface area contributed by atoms with E-state index in [0.29, 0.717) is 22.3 Å². The minimum atomic E-state index is -0.123. The highest BCUT2D eigenvalue weighted by Crippen LogP contribution is 2.36. The molecule has 7 nitrogen and oxygen atoms in total. The van der Waals surface area contributed by atoms with Crippen molar-refractivity contribution in [2.45, 2.75) is 17.8 Å². The highest BCUT2D eigenvalue weighted by atomic mass is 32.2. The minimum Gasteiger partial charge on any atom is -0.495 e. The van der Waals surface area contributed by atoms with Gasteiger partial charge in [-0.15, -0.1) is 32.9 Å². The zero-order chi connectivity index (χ0) is 21.1. The van der Waals surface area contributed by atoms with Crippen LogP contribution >= 0.6 is 34.4 Å². The molecule has 0 aliphatic heterocycles. The Morgan fingerprint density at radius 2 is 2.03 bits per heavy atom. The van der Waals surface area contributed by atoms with Crippen molar-refractivity contribution in [1.82, 2.24) is 19.7 Å². The average Bonchev–Trinajstić information content (AvgIpc) is 3.48. The van der Waals surface area contributed by atoms with E-state index in [1.54, 1.807) is 35.1 Å². The maximum atomic E-state index is 12.4. The number of carbonyl (C=O) groups is 1. The molecule has 0 spiro atoms. The van der Waals surface area contributed by atoms with Gasteiger partial charge in [0.05, 0.1) is 23.4 Å². The van der Waals surface area contributed by atoms with E-state index < -0.39 is 0 Å². The maximum Gasteiger partial charge on any atom is 0.230 e. The lowest BCUT2D eigenvalue weighted by atomic mass is 10.2. The summed E-state index contributed by atoms with van der Waals surface area (Å²) >= 11 is 4.63. The molecule has 0 radical (unpaired) electrons. The van der Waals surface area contributed by atoms with Crippen LogP contribution < -0.4 is 9.64 Å². The first-order valence-electron chi connectivity index (χ1n) is 9.02. The first-order valence-corrected chi connectivity index (χ1v) is 11.8. The Balaban J connectivity index is 1.52. The van der Waals surface area contributed by atoms with Crippen LogP contribution in [0.3, 0.4) is 0 Å². The zero-order valence-electron chi connectivity index (χ0n) is 16.6. The fourth-order valence-corrected chi connectivity index (χ4v) is 5.42. The number of thiazole rings is 1. The lowest BCUT2D eigenvalue weighted by Gasteiger charge is -2.20. The number of thioether (sulfide) groups is 1. The molecule has 1 aromatic carbocycles. The molecule has 3 aromatic heterocycles. The van der Waals surface area contributed by atoms with Gasteiger partial charge < -0.3 is 9.30 Å². The molecular formula is C20H19N5O2S3. The molecule has 0 atom stereocenters. The maximum absolute atomic E-state index is 12.4. The number of hydrogen-bond acceptors (Lipinski definition) is 8. The fraction of sp³-hybridized carbons (Fsp3) is 0.200. The predicted molar refractivity (Wildman–Crippen MR) is 122 cm³/mol. The predicted octanol–water partition coefficient (Wildman–Crippen LogP) is 4.99. The van der Waals surface area contributed by atoms with Crippen molar-refractivity contribution in [1.29, 1.82) is 0 Å². The second-order valence-electron chi connectivity index (χ2n) is 6.28. The van der Waals surface area contributed by atoms with E-state index in [1.807, 2.05) is 58.8 Å². The molecule has 0 fully saturated rings. The van der Waals surface area contributed by atoms with Crippen LogP contribution in [0.5, 0.6) is 5.75 Å². The number of benzene rings is 1. The summed E-state index contributed by atoms with van der Waals surface area (Å²) < 4.78 is 7.40. The van der Waals surface area contributed by atoms with E-state index in [9.17, 15) is 4.79 Å². The summed E-state index contributed by atoms with van der Waals surface area (Å²) in [5.74, 6) is 1.98. The SMILES string of the molecule is COc1ccccc1N(C(C)=O)c1nc(CSc2nnc(-c3cccs3)n2C)cs1. The monoisotopic (exact) mass is 457 g/mol. The molecule has 0 unspecified atom stereocenters. The van der Waals surface area contributed by atoms with Crippen LogP contribution in [0.1, 0.15) is 12.6 Å². The molecule has 0 N–H and O–H groups in total. The second kappa shape index (κ2) is 8.99. The van der Waals surface area contributed by atoms with Gasteiger partial charge in [0.1, 0.15) is 5.75 Å². The average molecular weight is 458 g/mol. The second-order valence-corrected chi connectivity index (χ2v) is 9.01. The number of aromatic nitrogens is 4. The van der Waals surface area contributed by atoms with Gasteiger partial charge in [-0.25, -0.2) is 4.98 Å². The number of hydrogen-bond donors (Lipinski definition) is 0. The fourth-order valence-electron chi connectivity index (χ4n) is 2.89. The Kier molecular flexibility index (Phi) is 6.16. The quantitative estimate of drug-likeness (QED) is 0.364. The van der Waals surface area contributed by atoms with Crippen LogP contribution in [0.4, 0.5) is 10.8 Å². The molecular weight excluding hydrogens is 438 g/mol. The Morgan fingerprint density at radius 3 is 2.77 bits per heavy atom. The zero-order valence-corrected chi connectivity index (χ0v) is 19.1. The van der Waals surface area contributed by atoms with Crippen LogP contribution in [0.15, 0.2) is 52.3 Å². The number of nitrogens with zero attached hydrogens (tertiary/aromatic N) is 5. The number of rotatable bonds is 7. The number of para-hydroxylation sites is 2. The molecule has 0 saturated carbocycles. The Bertz CT molecular complexity index is 1150. The van der Waals surface area contributed by atoms with Crippen molar-refractivity contribution in [2.24, 2.45) is 7.05 Å². The van der Waals surface area contributed by atoms with Crippen molar-refractivity contribution >= 4 is 51.2 Å². The molecule has 1 amide bonds. The van der Waals surface area contributed by atoms with Gasteiger partial charge in [0.25, 0.3) is 0 Å². The largest absolute Gasteiger partial charge is 0.495 e. The van der Waals surface area contributed by atoms with Crippen molar-refractivity contribution in [3.8, 4) is 16.5 Å². The van der Waals surface area contributed by atoms with E-state index in [4.69, 9.17) is 4.74 Å². The van der Waals surface area contributed by atoms with E-state index in [-0.39, 0.29) is 5.91 Å². The molecule has 4 rings (SSSR count). The van der Waals surface area contributed by atoms with Crippen LogP contribution in [0.2, 0.25) is 0 Å². The Morgan fingerprint density at radius 1 is 1.20 bits per heavy atom. The first kappa shape index (κ1) is 20.6. The van der Waals surface area contributed by atoms with Gasteiger partial charge in [-0.2, -0.15) is 0 Å². The first-order chi connectivity index (χ1) is 14.6. The van der Waals surface area contributed by atoms with Crippen LogP contribution in [-0.2, 0) is 17.6 Å². The number of ether oxygens (including phenoxy) is 1. The number of amides is 1. The lowest BCUT2D eigenvalue weighted by Crippen LogP contribution is -2.23. The standard InChI is InChI=1S/C20H19N5O2S3/c1-13(26)25(15-7-4-5-8-16(15)27-3)19-21-14(11-29-19)12-30-20-23-22-18(24(20)2)17-9-6-10-28-17/h4-11H,12H2,1-3H3. The molecule has 4 aromatic rings. The van der Waals surface area contributed by atoms with E-state index in [1.165, 1.54) is 18.3 Å². The van der Waals surface area contributed by atoms with Gasteiger partial charge in [-0.05, 0) is 23.6 Å². The molecule has 30 heavy (non-hydrogen) atoms. The summed E-state index contributed by atoms with van der Waals surface area (Å²) in [7, 11) is 3.55. The highest BCUT2D eigenvalue weighted by molar-refractivity contribution is 7.98. The van der Waals surface area contributed by atoms with Gasteiger partial charge >= 0.3 is 0 Å². The molecule has 0 bridgehead atoms. The van der Waals surface area contributed by atoms with Crippen molar-refractivity contribution in [3.63, 3.8) is 0 Å². The highest BCUT2D eigenvalue weighted by Gasteiger charge is 2.21. The topological polar surface area (TPSA) is 73.1 Å². The molecule has 0 aliphatic rings. The summed E-state index contributed by atoms with van der Waals surface area (Å²) in [4.78, 5) is 19.7. The van der Waals surface area contributed by atoms with Crippen LogP contribution in [-0.4, -0.2) is 32.8 Å². The summed E-state index contributed by atoms with van der Waals surface area (Å²) in [6.45, 7) is 1.52. The lowest BCUT2D eigenvalue weighted by molar-refractivity contribution is -0.115. The smallest absolute Gasteiger partial charge is 0.230 e. The number of methoxy groups -OCH3 is 1. The van der Waals surface area contributed by atoms with Gasteiger partial charge in [0, 0.05) is 25.1 Å². The molecule has 3 heterocycles. The third-order valence-corrected chi connectivity index (χ3v) is 7.09. The van der Waals surface area contributed by atoms with Crippen molar-refractivity contribution in [2.75, 3.05) is 12.0 Å². The normalized spacial score (nSPS) is 10.9. The number of carbonyl (C=O) groups excluding carboxylic acids is 1. The summed E-state index contributed by atoms with van der Waals surface area (Å²) in [6.07, 6.45) is 0. The Hall–Kier alpha value is -2.69. The number of anilines is 2. The van der Waals surface area contributed by atoms with Crippen LogP contribution in [0.25, 0.3) is 10.7 Å². The third-order valence-electron chi connectivity index (χ3n) is 4.30. The molecule has 0 aliphatic carbocycles. The Labute approximate surface area is 186 Å². The van der Waals surface area contributed by atoms with Gasteiger partial charge in [0.2, 0.25) is 5.91 Å². The minimum absolute atomic E-state index is 0.123. The van der Waals surface area contributed by atoms with Crippen LogP contribution in [0, 0.1) is 0 Å². The van der Waals surface area contributed by atoms with E-state index >= 15 is 0 Å². The summed E-state index contributed by atoms with van der Waals surface area (Å²) in [5.41, 5.74) is 1.55. The van der Waals surface area contributed by atoms with Gasteiger partial charge in [-0.3, -0.25) is 9.69 Å². The van der Waals surface area contributed by atoms with Gasteiger partial charge in [-0.1, -0.05) is 30.0 Å². The molecule has 0 saturated heterocycles.